The Labute approximate surface area is 80.8 Å². The van der Waals surface area contributed by atoms with E-state index in [0.717, 1.165) is 10.9 Å². The number of rotatable bonds is 2. The summed E-state index contributed by atoms with van der Waals surface area (Å²) >= 11 is 2.78. The van der Waals surface area contributed by atoms with E-state index in [1.807, 2.05) is 0 Å². The zero-order valence-electron chi connectivity index (χ0n) is 6.48. The summed E-state index contributed by atoms with van der Waals surface area (Å²) in [6, 6.07) is 0. The van der Waals surface area contributed by atoms with Crippen LogP contribution in [0.1, 0.15) is 5.69 Å². The van der Waals surface area contributed by atoms with Crippen LogP contribution in [0, 0.1) is 0 Å². The standard InChI is InChI=1S/C6H7BrF3N3/c7-4-3-12-13(2-1-11)5(4)6(8,9)10/h3H,1-2,11H2. The first kappa shape index (κ1) is 10.5. The molecular weight excluding hydrogens is 251 g/mol. The van der Waals surface area contributed by atoms with E-state index in [-0.39, 0.29) is 17.6 Å². The summed E-state index contributed by atoms with van der Waals surface area (Å²) in [6.07, 6.45) is -3.29. The quantitative estimate of drug-likeness (QED) is 0.875. The van der Waals surface area contributed by atoms with E-state index in [9.17, 15) is 13.2 Å². The lowest BCUT2D eigenvalue weighted by molar-refractivity contribution is -0.144. The van der Waals surface area contributed by atoms with Gasteiger partial charge in [0.05, 0.1) is 17.2 Å². The predicted molar refractivity (Wildman–Crippen MR) is 44.0 cm³/mol. The minimum absolute atomic E-state index is 0.0560. The molecule has 0 aliphatic rings. The van der Waals surface area contributed by atoms with E-state index in [1.54, 1.807) is 0 Å². The van der Waals surface area contributed by atoms with Gasteiger partial charge in [0.25, 0.3) is 0 Å². The molecule has 1 aromatic heterocycles. The zero-order chi connectivity index (χ0) is 10.1. The van der Waals surface area contributed by atoms with Gasteiger partial charge in [-0.15, -0.1) is 0 Å². The summed E-state index contributed by atoms with van der Waals surface area (Å²) in [5.41, 5.74) is 4.34. The van der Waals surface area contributed by atoms with Crippen molar-refractivity contribution in [3.05, 3.63) is 16.4 Å². The molecule has 0 aliphatic carbocycles. The van der Waals surface area contributed by atoms with Crippen molar-refractivity contribution in [2.24, 2.45) is 5.73 Å². The Hall–Kier alpha value is -0.560. The molecule has 1 heterocycles. The monoisotopic (exact) mass is 257 g/mol. The van der Waals surface area contributed by atoms with Crippen LogP contribution < -0.4 is 5.73 Å². The number of aromatic nitrogens is 2. The van der Waals surface area contributed by atoms with Crippen molar-refractivity contribution in [2.75, 3.05) is 6.54 Å². The minimum atomic E-state index is -4.40. The number of nitrogens with two attached hydrogens (primary N) is 1. The summed E-state index contributed by atoms with van der Waals surface area (Å²) in [7, 11) is 0. The third kappa shape index (κ3) is 2.22. The van der Waals surface area contributed by atoms with Gasteiger partial charge < -0.3 is 5.73 Å². The lowest BCUT2D eigenvalue weighted by atomic mass is 10.4. The average Bonchev–Trinajstić information content (AvgIpc) is 2.31. The highest BCUT2D eigenvalue weighted by Crippen LogP contribution is 2.34. The van der Waals surface area contributed by atoms with Gasteiger partial charge in [-0.05, 0) is 15.9 Å². The van der Waals surface area contributed by atoms with Crippen LogP contribution in [-0.2, 0) is 12.7 Å². The molecule has 0 fully saturated rings. The number of alkyl halides is 3. The fourth-order valence-electron chi connectivity index (χ4n) is 0.936. The van der Waals surface area contributed by atoms with E-state index in [4.69, 9.17) is 5.73 Å². The molecule has 1 aromatic rings. The molecule has 0 radical (unpaired) electrons. The van der Waals surface area contributed by atoms with E-state index >= 15 is 0 Å². The fourth-order valence-corrected chi connectivity index (χ4v) is 1.46. The third-order valence-corrected chi connectivity index (χ3v) is 1.98. The van der Waals surface area contributed by atoms with Crippen molar-refractivity contribution < 1.29 is 13.2 Å². The van der Waals surface area contributed by atoms with Crippen LogP contribution >= 0.6 is 15.9 Å². The van der Waals surface area contributed by atoms with E-state index in [1.165, 1.54) is 0 Å². The molecule has 0 bridgehead atoms. The van der Waals surface area contributed by atoms with E-state index in [2.05, 4.69) is 21.0 Å². The second kappa shape index (κ2) is 3.67. The topological polar surface area (TPSA) is 43.8 Å². The maximum atomic E-state index is 12.3. The van der Waals surface area contributed by atoms with Crippen molar-refractivity contribution in [3.8, 4) is 0 Å². The van der Waals surface area contributed by atoms with Crippen LogP contribution in [0.15, 0.2) is 10.7 Å². The highest BCUT2D eigenvalue weighted by atomic mass is 79.9. The Bertz CT molecular complexity index is 294. The van der Waals surface area contributed by atoms with E-state index in [0.29, 0.717) is 0 Å². The molecule has 0 saturated carbocycles. The van der Waals surface area contributed by atoms with Crippen LogP contribution in [0.25, 0.3) is 0 Å². The van der Waals surface area contributed by atoms with Crippen LogP contribution in [-0.4, -0.2) is 16.3 Å². The van der Waals surface area contributed by atoms with Gasteiger partial charge in [0.2, 0.25) is 0 Å². The summed E-state index contributed by atoms with van der Waals surface area (Å²) in [5, 5.41) is 3.54. The van der Waals surface area contributed by atoms with Crippen LogP contribution in [0.2, 0.25) is 0 Å². The van der Waals surface area contributed by atoms with Gasteiger partial charge in [-0.1, -0.05) is 0 Å². The lowest BCUT2D eigenvalue weighted by Gasteiger charge is -2.09. The molecule has 3 nitrogen and oxygen atoms in total. The lowest BCUT2D eigenvalue weighted by Crippen LogP contribution is -2.19. The molecule has 2 N–H and O–H groups in total. The Kier molecular flexibility index (Phi) is 2.97. The normalized spacial score (nSPS) is 12.1. The van der Waals surface area contributed by atoms with Crippen molar-refractivity contribution in [1.82, 2.24) is 9.78 Å². The molecule has 0 spiro atoms. The van der Waals surface area contributed by atoms with Gasteiger partial charge in [0.1, 0.15) is 0 Å². The number of nitrogens with zero attached hydrogens (tertiary/aromatic N) is 2. The molecule has 7 heteroatoms. The molecule has 74 valence electrons. The molecular formula is C6H7BrF3N3. The van der Waals surface area contributed by atoms with Crippen molar-refractivity contribution in [1.29, 1.82) is 0 Å². The Morgan fingerprint density at radius 1 is 1.54 bits per heavy atom. The van der Waals surface area contributed by atoms with E-state index < -0.39 is 11.9 Å². The first-order chi connectivity index (χ1) is 5.96. The maximum absolute atomic E-state index is 12.3. The highest BCUT2D eigenvalue weighted by Gasteiger charge is 2.37. The number of hydrogen-bond acceptors (Lipinski definition) is 2. The van der Waals surface area contributed by atoms with Crippen molar-refractivity contribution in [2.45, 2.75) is 12.7 Å². The summed E-state index contributed by atoms with van der Waals surface area (Å²) in [4.78, 5) is 0. The van der Waals surface area contributed by atoms with Gasteiger partial charge in [-0.3, -0.25) is 4.68 Å². The Morgan fingerprint density at radius 2 is 2.15 bits per heavy atom. The Balaban J connectivity index is 3.09. The largest absolute Gasteiger partial charge is 0.434 e. The summed E-state index contributed by atoms with van der Waals surface area (Å²) < 4.78 is 37.8. The van der Waals surface area contributed by atoms with Crippen LogP contribution in [0.5, 0.6) is 0 Å². The second-order valence-electron chi connectivity index (χ2n) is 2.35. The number of halogens is 4. The molecule has 1 rings (SSSR count). The molecule has 0 aliphatic heterocycles. The second-order valence-corrected chi connectivity index (χ2v) is 3.21. The fraction of sp³-hybridized carbons (Fsp3) is 0.500. The van der Waals surface area contributed by atoms with Gasteiger partial charge in [0, 0.05) is 6.54 Å². The zero-order valence-corrected chi connectivity index (χ0v) is 8.06. The first-order valence-electron chi connectivity index (χ1n) is 3.45. The maximum Gasteiger partial charge on any atom is 0.434 e. The number of hydrogen-bond donors (Lipinski definition) is 1. The predicted octanol–water partition coefficient (Wildman–Crippen LogP) is 1.62. The van der Waals surface area contributed by atoms with Gasteiger partial charge in [0.15, 0.2) is 5.69 Å². The van der Waals surface area contributed by atoms with Crippen molar-refractivity contribution in [3.63, 3.8) is 0 Å². The molecule has 13 heavy (non-hydrogen) atoms. The van der Waals surface area contributed by atoms with Crippen LogP contribution in [0.3, 0.4) is 0 Å². The third-order valence-electron chi connectivity index (χ3n) is 1.40. The average molecular weight is 258 g/mol. The van der Waals surface area contributed by atoms with Gasteiger partial charge in [-0.2, -0.15) is 18.3 Å². The molecule has 0 aromatic carbocycles. The highest BCUT2D eigenvalue weighted by molar-refractivity contribution is 9.10. The SMILES string of the molecule is NCCn1ncc(Br)c1C(F)(F)F. The minimum Gasteiger partial charge on any atom is -0.329 e. The summed E-state index contributed by atoms with van der Waals surface area (Å²) in [6.45, 7) is 0.178. The van der Waals surface area contributed by atoms with Crippen LogP contribution in [0.4, 0.5) is 13.2 Å². The van der Waals surface area contributed by atoms with Crippen molar-refractivity contribution >= 4 is 15.9 Å². The van der Waals surface area contributed by atoms with Gasteiger partial charge >= 0.3 is 6.18 Å². The van der Waals surface area contributed by atoms with Gasteiger partial charge in [-0.25, -0.2) is 0 Å². The molecule has 0 unspecified atom stereocenters. The smallest absolute Gasteiger partial charge is 0.329 e. The molecule has 0 amide bonds. The summed E-state index contributed by atoms with van der Waals surface area (Å²) in [5.74, 6) is 0. The Morgan fingerprint density at radius 3 is 2.62 bits per heavy atom. The molecule has 0 atom stereocenters. The molecule has 0 saturated heterocycles. The first-order valence-corrected chi connectivity index (χ1v) is 4.24.